The van der Waals surface area contributed by atoms with Gasteiger partial charge in [0.1, 0.15) is 11.4 Å². The van der Waals surface area contributed by atoms with Gasteiger partial charge in [0.2, 0.25) is 0 Å². The summed E-state index contributed by atoms with van der Waals surface area (Å²) in [5.74, 6) is 6.41. The van der Waals surface area contributed by atoms with Crippen molar-refractivity contribution in [2.24, 2.45) is 0 Å². The second-order valence-electron chi connectivity index (χ2n) is 11.0. The van der Waals surface area contributed by atoms with Crippen LogP contribution in [-0.2, 0) is 6.54 Å². The zero-order chi connectivity index (χ0) is 32.2. The van der Waals surface area contributed by atoms with E-state index in [9.17, 15) is 9.59 Å². The predicted octanol–water partition coefficient (Wildman–Crippen LogP) is 4.17. The minimum absolute atomic E-state index is 0.277. The molecule has 0 aliphatic rings. The Morgan fingerprint density at radius 3 is 2.63 bits per heavy atom. The van der Waals surface area contributed by atoms with Crippen molar-refractivity contribution in [3.63, 3.8) is 0 Å². The molecular formula is C35H35N9O2. The highest BCUT2D eigenvalue weighted by Crippen LogP contribution is 2.21. The Labute approximate surface area is 266 Å². The monoisotopic (exact) mass is 613 g/mol. The molecule has 1 N–H and O–H groups in total. The second kappa shape index (κ2) is 13.2. The number of aromatic nitrogens is 7. The molecule has 4 aromatic heterocycles. The molecule has 0 bridgehead atoms. The van der Waals surface area contributed by atoms with Crippen LogP contribution in [0.15, 0.2) is 84.2 Å². The van der Waals surface area contributed by atoms with Crippen LogP contribution >= 0.6 is 0 Å². The molecule has 0 spiro atoms. The smallest absolute Gasteiger partial charge is 0.267 e. The SMILES string of the molecule is CCN(CC)CCn1cc(C#Cc2cccc3nc([C@H](C)NC(=O)c4c(C)nn5cccnc45)n(-c4ccccc4)c(=O)c23)cn1. The Bertz CT molecular complexity index is 2150. The molecule has 0 saturated carbocycles. The summed E-state index contributed by atoms with van der Waals surface area (Å²) < 4.78 is 5.01. The van der Waals surface area contributed by atoms with Crippen molar-refractivity contribution in [3.8, 4) is 17.5 Å². The molecule has 0 saturated heterocycles. The van der Waals surface area contributed by atoms with Crippen LogP contribution < -0.4 is 10.9 Å². The molecule has 46 heavy (non-hydrogen) atoms. The fourth-order valence-electron chi connectivity index (χ4n) is 5.54. The van der Waals surface area contributed by atoms with Gasteiger partial charge in [0.25, 0.3) is 11.5 Å². The van der Waals surface area contributed by atoms with E-state index in [1.165, 1.54) is 0 Å². The number of amides is 1. The van der Waals surface area contributed by atoms with Crippen molar-refractivity contribution >= 4 is 22.5 Å². The van der Waals surface area contributed by atoms with Crippen molar-refractivity contribution < 1.29 is 4.79 Å². The van der Waals surface area contributed by atoms with Crippen LogP contribution in [0.25, 0.3) is 22.2 Å². The van der Waals surface area contributed by atoms with Gasteiger partial charge in [-0.3, -0.25) is 18.8 Å². The lowest BCUT2D eigenvalue weighted by Gasteiger charge is -2.20. The Morgan fingerprint density at radius 1 is 1.04 bits per heavy atom. The average molecular weight is 614 g/mol. The number of para-hydroxylation sites is 1. The standard InChI is InChI=1S/C35H35N9O2/c1-5-41(6-2)20-21-42-23-26(22-37-42)16-17-27-12-10-15-29-31(27)35(46)44(28-13-8-7-9-14-28)32(39-29)25(4)38-34(45)30-24(3)40-43-19-11-18-36-33(30)43/h7-15,18-19,22-23,25H,5-6,20-21H2,1-4H3,(H,38,45)/t25-/m0/s1. The number of aryl methyl sites for hydroxylation is 1. The number of fused-ring (bicyclic) bond motifs is 2. The van der Waals surface area contributed by atoms with Gasteiger partial charge < -0.3 is 10.2 Å². The number of likely N-dealkylation sites (N-methyl/N-ethyl adjacent to an activating group) is 1. The molecule has 4 heterocycles. The molecule has 2 aromatic carbocycles. The van der Waals surface area contributed by atoms with Crippen molar-refractivity contribution in [3.05, 3.63) is 118 Å². The topological polar surface area (TPSA) is 115 Å². The number of carbonyl (C=O) groups is 1. The third kappa shape index (κ3) is 6.03. The average Bonchev–Trinajstić information content (AvgIpc) is 3.67. The van der Waals surface area contributed by atoms with E-state index in [-0.39, 0.29) is 11.5 Å². The summed E-state index contributed by atoms with van der Waals surface area (Å²) >= 11 is 0. The van der Waals surface area contributed by atoms with Gasteiger partial charge in [0.05, 0.1) is 46.6 Å². The first-order valence-corrected chi connectivity index (χ1v) is 15.4. The first-order valence-electron chi connectivity index (χ1n) is 15.4. The van der Waals surface area contributed by atoms with Crippen molar-refractivity contribution in [1.82, 2.24) is 44.1 Å². The molecule has 0 unspecified atom stereocenters. The fraction of sp³-hybridized carbons (Fsp3) is 0.257. The van der Waals surface area contributed by atoms with Crippen LogP contribution in [0, 0.1) is 18.8 Å². The third-order valence-electron chi connectivity index (χ3n) is 7.98. The summed E-state index contributed by atoms with van der Waals surface area (Å²) in [5.41, 5.74) is 3.54. The normalized spacial score (nSPS) is 11.9. The fourth-order valence-corrected chi connectivity index (χ4v) is 5.54. The Hall–Kier alpha value is -5.60. The summed E-state index contributed by atoms with van der Waals surface area (Å²) in [5, 5.41) is 12.3. The number of rotatable bonds is 9. The maximum absolute atomic E-state index is 14.3. The lowest BCUT2D eigenvalue weighted by Crippen LogP contribution is -2.33. The van der Waals surface area contributed by atoms with Crippen LogP contribution in [-0.4, -0.2) is 64.4 Å². The molecule has 0 aliphatic heterocycles. The van der Waals surface area contributed by atoms with Gasteiger partial charge in [-0.2, -0.15) is 10.2 Å². The first-order chi connectivity index (χ1) is 22.4. The second-order valence-corrected chi connectivity index (χ2v) is 11.0. The number of nitrogens with one attached hydrogen (secondary N) is 1. The van der Waals surface area contributed by atoms with Gasteiger partial charge >= 0.3 is 0 Å². The van der Waals surface area contributed by atoms with Gasteiger partial charge in [-0.05, 0) is 57.3 Å². The number of carbonyl (C=O) groups excluding carboxylic acids is 1. The van der Waals surface area contributed by atoms with Gasteiger partial charge in [0.15, 0.2) is 5.65 Å². The molecular weight excluding hydrogens is 578 g/mol. The van der Waals surface area contributed by atoms with E-state index in [0.29, 0.717) is 44.9 Å². The molecule has 232 valence electrons. The molecule has 11 nitrogen and oxygen atoms in total. The molecule has 6 rings (SSSR count). The van der Waals surface area contributed by atoms with Crippen LogP contribution in [0.4, 0.5) is 0 Å². The summed E-state index contributed by atoms with van der Waals surface area (Å²) in [6.07, 6.45) is 7.03. The summed E-state index contributed by atoms with van der Waals surface area (Å²) in [6, 6.07) is 15.8. The van der Waals surface area contributed by atoms with E-state index in [4.69, 9.17) is 4.98 Å². The van der Waals surface area contributed by atoms with Gasteiger partial charge in [-0.15, -0.1) is 0 Å². The van der Waals surface area contributed by atoms with E-state index < -0.39 is 6.04 Å². The quantitative estimate of drug-likeness (QED) is 0.244. The minimum atomic E-state index is -0.639. The maximum Gasteiger partial charge on any atom is 0.267 e. The molecule has 0 fully saturated rings. The zero-order valence-electron chi connectivity index (χ0n) is 26.3. The minimum Gasteiger partial charge on any atom is -0.342 e. The van der Waals surface area contributed by atoms with E-state index in [2.05, 4.69) is 51.1 Å². The van der Waals surface area contributed by atoms with E-state index in [1.54, 1.807) is 53.7 Å². The van der Waals surface area contributed by atoms with Gasteiger partial charge in [-0.1, -0.05) is 50.0 Å². The summed E-state index contributed by atoms with van der Waals surface area (Å²) in [6.45, 7) is 11.5. The Balaban J connectivity index is 1.37. The highest BCUT2D eigenvalue weighted by Gasteiger charge is 2.24. The van der Waals surface area contributed by atoms with Crippen LogP contribution in [0.2, 0.25) is 0 Å². The number of benzene rings is 2. The number of nitrogens with zero attached hydrogens (tertiary/aromatic N) is 8. The Morgan fingerprint density at radius 2 is 1.85 bits per heavy atom. The van der Waals surface area contributed by atoms with E-state index in [1.807, 2.05) is 53.3 Å². The molecule has 6 aromatic rings. The molecule has 0 aliphatic carbocycles. The highest BCUT2D eigenvalue weighted by molar-refractivity contribution is 6.01. The van der Waals surface area contributed by atoms with Gasteiger partial charge in [-0.25, -0.2) is 14.5 Å². The lowest BCUT2D eigenvalue weighted by molar-refractivity contribution is 0.0938. The van der Waals surface area contributed by atoms with Crippen molar-refractivity contribution in [2.45, 2.75) is 40.3 Å². The maximum atomic E-state index is 14.3. The van der Waals surface area contributed by atoms with Crippen molar-refractivity contribution in [1.29, 1.82) is 0 Å². The van der Waals surface area contributed by atoms with E-state index >= 15 is 0 Å². The first kappa shape index (κ1) is 30.4. The van der Waals surface area contributed by atoms with Crippen LogP contribution in [0.1, 0.15) is 59.8 Å². The lowest BCUT2D eigenvalue weighted by atomic mass is 10.1. The highest BCUT2D eigenvalue weighted by atomic mass is 16.2. The largest absolute Gasteiger partial charge is 0.342 e. The molecule has 0 radical (unpaired) electrons. The Kier molecular flexibility index (Phi) is 8.72. The predicted molar refractivity (Wildman–Crippen MR) is 177 cm³/mol. The number of hydrogen-bond donors (Lipinski definition) is 1. The summed E-state index contributed by atoms with van der Waals surface area (Å²) in [7, 11) is 0. The zero-order valence-corrected chi connectivity index (χ0v) is 26.3. The molecule has 1 amide bonds. The molecule has 11 heteroatoms. The van der Waals surface area contributed by atoms with Crippen LogP contribution in [0.3, 0.4) is 0 Å². The molecule has 1 atom stereocenters. The van der Waals surface area contributed by atoms with E-state index in [0.717, 1.165) is 31.7 Å². The van der Waals surface area contributed by atoms with Crippen LogP contribution in [0.5, 0.6) is 0 Å². The third-order valence-corrected chi connectivity index (χ3v) is 7.98. The summed E-state index contributed by atoms with van der Waals surface area (Å²) in [4.78, 5) is 39.5. The van der Waals surface area contributed by atoms with Crippen molar-refractivity contribution in [2.75, 3.05) is 19.6 Å². The van der Waals surface area contributed by atoms with Gasteiger partial charge in [0, 0.05) is 30.7 Å². The number of hydrogen-bond acceptors (Lipinski definition) is 7.